The molecule has 3 nitrogen and oxygen atoms in total. The van der Waals surface area contributed by atoms with E-state index in [1.165, 1.54) is 4.90 Å². The van der Waals surface area contributed by atoms with E-state index in [-0.39, 0.29) is 0 Å². The number of hydrogen-bond donors (Lipinski definition) is 1. The van der Waals surface area contributed by atoms with Crippen LogP contribution >= 0.6 is 0 Å². The molecule has 3 aliphatic rings. The summed E-state index contributed by atoms with van der Waals surface area (Å²) in [5.41, 5.74) is -0.382. The van der Waals surface area contributed by atoms with Crippen LogP contribution in [0.3, 0.4) is 0 Å². The van der Waals surface area contributed by atoms with Crippen LogP contribution in [0, 0.1) is 5.41 Å². The van der Waals surface area contributed by atoms with Gasteiger partial charge in [0.2, 0.25) is 6.43 Å². The van der Waals surface area contributed by atoms with Gasteiger partial charge >= 0.3 is 6.09 Å². The topological polar surface area (TPSA) is 40.5 Å². The van der Waals surface area contributed by atoms with E-state index in [9.17, 15) is 18.7 Å². The fourth-order valence-corrected chi connectivity index (χ4v) is 4.13. The van der Waals surface area contributed by atoms with E-state index >= 15 is 0 Å². The van der Waals surface area contributed by atoms with Crippen LogP contribution in [0.15, 0.2) is 30.3 Å². The second-order valence-electron chi connectivity index (χ2n) is 6.74. The molecule has 3 fully saturated rings. The van der Waals surface area contributed by atoms with Crippen molar-refractivity contribution < 1.29 is 18.7 Å². The molecular formula is C17H21F2NO2. The number of amides is 1. The Kier molecular flexibility index (Phi) is 3.83. The predicted molar refractivity (Wildman–Crippen MR) is 78.9 cm³/mol. The van der Waals surface area contributed by atoms with Crippen LogP contribution in [-0.4, -0.2) is 28.1 Å². The van der Waals surface area contributed by atoms with Crippen molar-refractivity contribution in [2.24, 2.45) is 5.41 Å². The van der Waals surface area contributed by atoms with Gasteiger partial charge in [-0.25, -0.2) is 13.6 Å². The van der Waals surface area contributed by atoms with Gasteiger partial charge in [0.15, 0.2) is 0 Å². The van der Waals surface area contributed by atoms with Crippen LogP contribution in [0.4, 0.5) is 13.6 Å². The molecule has 1 amide bonds. The summed E-state index contributed by atoms with van der Waals surface area (Å²) in [5, 5.41) is 9.65. The van der Waals surface area contributed by atoms with Gasteiger partial charge in [0, 0.05) is 17.5 Å². The van der Waals surface area contributed by atoms with Gasteiger partial charge in [-0.1, -0.05) is 30.3 Å². The molecular weight excluding hydrogens is 288 g/mol. The van der Waals surface area contributed by atoms with Crippen molar-refractivity contribution in [3.63, 3.8) is 0 Å². The molecule has 1 N–H and O–H groups in total. The maximum absolute atomic E-state index is 13.3. The Morgan fingerprint density at radius 2 is 1.64 bits per heavy atom. The van der Waals surface area contributed by atoms with Gasteiger partial charge in [0.1, 0.15) is 0 Å². The van der Waals surface area contributed by atoms with Crippen molar-refractivity contribution in [2.45, 2.75) is 57.0 Å². The summed E-state index contributed by atoms with van der Waals surface area (Å²) >= 11 is 0. The molecule has 1 aromatic carbocycles. The molecule has 2 bridgehead atoms. The molecule has 22 heavy (non-hydrogen) atoms. The minimum Gasteiger partial charge on any atom is -0.465 e. The highest BCUT2D eigenvalue weighted by molar-refractivity contribution is 5.66. The predicted octanol–water partition coefficient (Wildman–Crippen LogP) is 4.52. The summed E-state index contributed by atoms with van der Waals surface area (Å²) in [6, 6.07) is 9.47. The zero-order valence-corrected chi connectivity index (χ0v) is 12.5. The van der Waals surface area contributed by atoms with E-state index in [0.717, 1.165) is 5.56 Å². The first kappa shape index (κ1) is 15.3. The first-order valence-electron chi connectivity index (χ1n) is 7.80. The number of nitrogens with zero attached hydrogens (tertiary/aromatic N) is 1. The van der Waals surface area contributed by atoms with Crippen LogP contribution in [0.2, 0.25) is 0 Å². The monoisotopic (exact) mass is 309 g/mol. The van der Waals surface area contributed by atoms with Gasteiger partial charge in [-0.2, -0.15) is 0 Å². The van der Waals surface area contributed by atoms with E-state index in [0.29, 0.717) is 45.1 Å². The lowest BCUT2D eigenvalue weighted by Crippen LogP contribution is -2.59. The zero-order valence-electron chi connectivity index (χ0n) is 12.5. The number of hydrogen-bond acceptors (Lipinski definition) is 1. The molecule has 0 radical (unpaired) electrons. The molecule has 0 spiro atoms. The van der Waals surface area contributed by atoms with Crippen LogP contribution in [0.25, 0.3) is 0 Å². The van der Waals surface area contributed by atoms with Crippen LogP contribution < -0.4 is 0 Å². The molecule has 0 atom stereocenters. The van der Waals surface area contributed by atoms with E-state index in [4.69, 9.17) is 0 Å². The van der Waals surface area contributed by atoms with Gasteiger partial charge in [0.05, 0.1) is 0 Å². The molecule has 1 aromatic rings. The molecule has 0 unspecified atom stereocenters. The van der Waals surface area contributed by atoms with Crippen LogP contribution in [0.1, 0.15) is 44.1 Å². The molecule has 0 aromatic heterocycles. The maximum atomic E-state index is 13.3. The Labute approximate surface area is 128 Å². The van der Waals surface area contributed by atoms with E-state index in [1.807, 2.05) is 30.3 Å². The fourth-order valence-electron chi connectivity index (χ4n) is 4.13. The Morgan fingerprint density at radius 3 is 2.09 bits per heavy atom. The van der Waals surface area contributed by atoms with Gasteiger partial charge in [-0.05, 0) is 44.1 Å². The Bertz CT molecular complexity index is 522. The molecule has 3 aliphatic carbocycles. The first-order valence-corrected chi connectivity index (χ1v) is 7.80. The van der Waals surface area contributed by atoms with Crippen molar-refractivity contribution in [1.82, 2.24) is 4.90 Å². The van der Waals surface area contributed by atoms with Gasteiger partial charge < -0.3 is 5.11 Å². The molecule has 5 heteroatoms. The highest BCUT2D eigenvalue weighted by Crippen LogP contribution is 2.57. The van der Waals surface area contributed by atoms with Gasteiger partial charge in [0.25, 0.3) is 0 Å². The Hall–Kier alpha value is -1.65. The second-order valence-corrected chi connectivity index (χ2v) is 6.74. The minimum absolute atomic E-state index is 0.331. The molecule has 0 saturated heterocycles. The number of rotatable bonds is 4. The third-order valence-electron chi connectivity index (χ3n) is 5.71. The Balaban J connectivity index is 1.80. The maximum Gasteiger partial charge on any atom is 0.408 e. The van der Waals surface area contributed by atoms with Gasteiger partial charge in [-0.15, -0.1) is 0 Å². The van der Waals surface area contributed by atoms with Crippen molar-refractivity contribution >= 4 is 6.09 Å². The summed E-state index contributed by atoms with van der Waals surface area (Å²) < 4.78 is 26.6. The SMILES string of the molecule is O=C(O)N(Cc1ccccc1)C12CCC(C(F)F)(CC1)CC2. The normalized spacial score (nSPS) is 30.5. The van der Waals surface area contributed by atoms with Crippen molar-refractivity contribution in [2.75, 3.05) is 0 Å². The highest BCUT2D eigenvalue weighted by atomic mass is 19.3. The zero-order chi connectivity index (χ0) is 15.8. The Morgan fingerprint density at radius 1 is 1.09 bits per heavy atom. The first-order chi connectivity index (χ1) is 10.5. The van der Waals surface area contributed by atoms with E-state index in [1.54, 1.807) is 0 Å². The number of halogens is 2. The lowest BCUT2D eigenvalue weighted by Gasteiger charge is -2.56. The number of carboxylic acid groups (broad SMARTS) is 1. The van der Waals surface area contributed by atoms with Crippen LogP contribution in [-0.2, 0) is 6.54 Å². The largest absolute Gasteiger partial charge is 0.465 e. The lowest BCUT2D eigenvalue weighted by molar-refractivity contribution is -0.116. The van der Waals surface area contributed by atoms with E-state index in [2.05, 4.69) is 0 Å². The summed E-state index contributed by atoms with van der Waals surface area (Å²) in [6.45, 7) is 0.331. The van der Waals surface area contributed by atoms with Crippen molar-refractivity contribution in [1.29, 1.82) is 0 Å². The summed E-state index contributed by atoms with van der Waals surface area (Å²) in [5.74, 6) is 0. The quantitative estimate of drug-likeness (QED) is 0.888. The average molecular weight is 309 g/mol. The number of carbonyl (C=O) groups is 1. The van der Waals surface area contributed by atoms with E-state index < -0.39 is 23.5 Å². The highest BCUT2D eigenvalue weighted by Gasteiger charge is 2.56. The molecule has 120 valence electrons. The smallest absolute Gasteiger partial charge is 0.408 e. The number of alkyl halides is 2. The standard InChI is InChI=1S/C17H21F2NO2/c18-14(19)16-6-9-17(10-7-16,11-8-16)20(15(21)22)12-13-4-2-1-3-5-13/h1-5,14H,6-12H2,(H,21,22). The molecule has 3 saturated carbocycles. The third-order valence-corrected chi connectivity index (χ3v) is 5.71. The summed E-state index contributed by atoms with van der Waals surface area (Å²) in [7, 11) is 0. The third kappa shape index (κ3) is 2.46. The van der Waals surface area contributed by atoms with Crippen molar-refractivity contribution in [3.05, 3.63) is 35.9 Å². The second kappa shape index (κ2) is 5.52. The summed E-state index contributed by atoms with van der Waals surface area (Å²) in [6.07, 6.45) is -0.285. The van der Waals surface area contributed by atoms with Crippen molar-refractivity contribution in [3.8, 4) is 0 Å². The van der Waals surface area contributed by atoms with Gasteiger partial charge in [-0.3, -0.25) is 4.90 Å². The number of benzene rings is 1. The minimum atomic E-state index is -2.29. The molecule has 0 heterocycles. The molecule has 0 aliphatic heterocycles. The fraction of sp³-hybridized carbons (Fsp3) is 0.588. The average Bonchev–Trinajstić information content (AvgIpc) is 2.55. The van der Waals surface area contributed by atoms with Crippen LogP contribution in [0.5, 0.6) is 0 Å². The lowest BCUT2D eigenvalue weighted by atomic mass is 9.57. The summed E-state index contributed by atoms with van der Waals surface area (Å²) in [4.78, 5) is 13.3. The molecule has 4 rings (SSSR count). The number of fused-ring (bicyclic) bond motifs is 3.